The van der Waals surface area contributed by atoms with Gasteiger partial charge in [-0.3, -0.25) is 4.79 Å². The molecule has 6 heteroatoms. The first-order chi connectivity index (χ1) is 11.7. The second kappa shape index (κ2) is 6.19. The fourth-order valence-electron chi connectivity index (χ4n) is 3.40. The molecule has 25 heavy (non-hydrogen) atoms. The zero-order chi connectivity index (χ0) is 18.4. The van der Waals surface area contributed by atoms with Gasteiger partial charge >= 0.3 is 0 Å². The topological polar surface area (TPSA) is 57.7 Å². The average molecular weight is 358 g/mol. The molecule has 2 aromatic carbocycles. The van der Waals surface area contributed by atoms with Gasteiger partial charge < -0.3 is 9.80 Å². The lowest BCUT2D eigenvalue weighted by Gasteiger charge is -2.40. The summed E-state index contributed by atoms with van der Waals surface area (Å²) in [5, 5.41) is 0. The van der Waals surface area contributed by atoms with Crippen LogP contribution in [0.5, 0.6) is 0 Å². The molecule has 1 atom stereocenters. The summed E-state index contributed by atoms with van der Waals surface area (Å²) in [6.07, 6.45) is 1.20. The molecular weight excluding hydrogens is 336 g/mol. The first kappa shape index (κ1) is 17.5. The SMILES string of the molecule is CC(=O)N1c2ccc(-c3ccc(S(C)(=O)=O)cc3)cc2N(C)CC1C. The summed E-state index contributed by atoms with van der Waals surface area (Å²) < 4.78 is 23.2. The minimum absolute atomic E-state index is 0.0344. The molecule has 0 fully saturated rings. The van der Waals surface area contributed by atoms with Crippen LogP contribution in [0.25, 0.3) is 11.1 Å². The van der Waals surface area contributed by atoms with Gasteiger partial charge in [0.1, 0.15) is 0 Å². The molecule has 0 saturated heterocycles. The lowest BCUT2D eigenvalue weighted by Crippen LogP contribution is -2.48. The largest absolute Gasteiger partial charge is 0.371 e. The molecule has 0 radical (unpaired) electrons. The maximum absolute atomic E-state index is 12.0. The molecule has 1 unspecified atom stereocenters. The second-order valence-electron chi connectivity index (χ2n) is 6.62. The zero-order valence-corrected chi connectivity index (χ0v) is 15.7. The zero-order valence-electron chi connectivity index (χ0n) is 14.9. The third-order valence-corrected chi connectivity index (χ3v) is 5.71. The average Bonchev–Trinajstić information content (AvgIpc) is 2.53. The van der Waals surface area contributed by atoms with Gasteiger partial charge in [0, 0.05) is 26.8 Å². The number of nitrogens with zero attached hydrogens (tertiary/aromatic N) is 2. The Morgan fingerprint density at radius 2 is 1.64 bits per heavy atom. The quantitative estimate of drug-likeness (QED) is 0.828. The van der Waals surface area contributed by atoms with E-state index < -0.39 is 9.84 Å². The van der Waals surface area contributed by atoms with Crippen molar-refractivity contribution >= 4 is 27.1 Å². The number of hydrogen-bond donors (Lipinski definition) is 0. The first-order valence-electron chi connectivity index (χ1n) is 8.14. The number of anilines is 2. The third kappa shape index (κ3) is 3.26. The number of amides is 1. The summed E-state index contributed by atoms with van der Waals surface area (Å²) in [6, 6.07) is 13.0. The minimum Gasteiger partial charge on any atom is -0.371 e. The lowest BCUT2D eigenvalue weighted by molar-refractivity contribution is -0.117. The first-order valence-corrected chi connectivity index (χ1v) is 10.0. The van der Waals surface area contributed by atoms with E-state index >= 15 is 0 Å². The standard InChI is InChI=1S/C19H22N2O3S/c1-13-12-20(3)19-11-16(7-10-18(19)21(13)14(2)22)15-5-8-17(9-6-15)25(4,23)24/h5-11,13H,12H2,1-4H3. The molecule has 1 heterocycles. The molecule has 5 nitrogen and oxygen atoms in total. The number of likely N-dealkylation sites (N-methyl/N-ethyl adjacent to an activating group) is 1. The molecule has 0 bridgehead atoms. The van der Waals surface area contributed by atoms with Gasteiger partial charge in [-0.15, -0.1) is 0 Å². The monoisotopic (exact) mass is 358 g/mol. The summed E-state index contributed by atoms with van der Waals surface area (Å²) in [5.74, 6) is 0.0344. The highest BCUT2D eigenvalue weighted by Crippen LogP contribution is 2.38. The van der Waals surface area contributed by atoms with Gasteiger partial charge in [0.05, 0.1) is 22.3 Å². The van der Waals surface area contributed by atoms with Crippen LogP contribution >= 0.6 is 0 Å². The van der Waals surface area contributed by atoms with E-state index in [1.54, 1.807) is 19.1 Å². The summed E-state index contributed by atoms with van der Waals surface area (Å²) in [7, 11) is -1.18. The van der Waals surface area contributed by atoms with Gasteiger partial charge in [-0.1, -0.05) is 18.2 Å². The van der Waals surface area contributed by atoms with Crippen molar-refractivity contribution in [2.75, 3.05) is 29.6 Å². The maximum Gasteiger partial charge on any atom is 0.224 e. The summed E-state index contributed by atoms with van der Waals surface area (Å²) in [6.45, 7) is 4.39. The number of sulfone groups is 1. The Kier molecular flexibility index (Phi) is 4.33. The van der Waals surface area contributed by atoms with Crippen molar-refractivity contribution in [2.24, 2.45) is 0 Å². The number of hydrogen-bond acceptors (Lipinski definition) is 4. The van der Waals surface area contributed by atoms with Gasteiger partial charge in [-0.05, 0) is 42.3 Å². The van der Waals surface area contributed by atoms with Crippen LogP contribution in [0.2, 0.25) is 0 Å². The predicted molar refractivity (Wildman–Crippen MR) is 101 cm³/mol. The highest BCUT2D eigenvalue weighted by atomic mass is 32.2. The van der Waals surface area contributed by atoms with E-state index in [9.17, 15) is 13.2 Å². The minimum atomic E-state index is -3.20. The molecule has 0 aromatic heterocycles. The molecule has 1 amide bonds. The Balaban J connectivity index is 2.04. The van der Waals surface area contributed by atoms with Crippen LogP contribution in [0.4, 0.5) is 11.4 Å². The molecular formula is C19H22N2O3S. The molecule has 1 aliphatic rings. The van der Waals surface area contributed by atoms with E-state index in [2.05, 4.69) is 4.90 Å². The summed E-state index contributed by atoms with van der Waals surface area (Å²) >= 11 is 0. The lowest BCUT2D eigenvalue weighted by atomic mass is 10.0. The second-order valence-corrected chi connectivity index (χ2v) is 8.63. The highest BCUT2D eigenvalue weighted by Gasteiger charge is 2.29. The smallest absolute Gasteiger partial charge is 0.224 e. The van der Waals surface area contributed by atoms with Crippen molar-refractivity contribution in [3.63, 3.8) is 0 Å². The van der Waals surface area contributed by atoms with E-state index in [1.165, 1.54) is 6.26 Å². The summed E-state index contributed by atoms with van der Waals surface area (Å²) in [5.41, 5.74) is 3.84. The van der Waals surface area contributed by atoms with Crippen molar-refractivity contribution in [2.45, 2.75) is 24.8 Å². The van der Waals surface area contributed by atoms with Crippen molar-refractivity contribution in [3.8, 4) is 11.1 Å². The Labute approximate surface area is 148 Å². The molecule has 0 spiro atoms. The van der Waals surface area contributed by atoms with E-state index in [0.29, 0.717) is 4.90 Å². The molecule has 0 N–H and O–H groups in total. The Hall–Kier alpha value is -2.34. The maximum atomic E-state index is 12.0. The normalized spacial score (nSPS) is 17.4. The number of carbonyl (C=O) groups excluding carboxylic acids is 1. The molecule has 0 saturated carbocycles. The van der Waals surface area contributed by atoms with E-state index in [0.717, 1.165) is 29.0 Å². The number of fused-ring (bicyclic) bond motifs is 1. The number of benzene rings is 2. The van der Waals surface area contributed by atoms with Gasteiger partial charge in [0.2, 0.25) is 5.91 Å². The van der Waals surface area contributed by atoms with E-state index in [1.807, 2.05) is 49.2 Å². The van der Waals surface area contributed by atoms with Crippen LogP contribution in [0.1, 0.15) is 13.8 Å². The number of carbonyl (C=O) groups is 1. The third-order valence-electron chi connectivity index (χ3n) is 4.58. The van der Waals surface area contributed by atoms with Crippen molar-refractivity contribution in [3.05, 3.63) is 42.5 Å². The van der Waals surface area contributed by atoms with Gasteiger partial charge in [-0.2, -0.15) is 0 Å². The van der Waals surface area contributed by atoms with Crippen molar-refractivity contribution in [1.29, 1.82) is 0 Å². The fourth-order valence-corrected chi connectivity index (χ4v) is 4.03. The Morgan fingerprint density at radius 1 is 1.04 bits per heavy atom. The van der Waals surface area contributed by atoms with Crippen molar-refractivity contribution in [1.82, 2.24) is 0 Å². The Morgan fingerprint density at radius 3 is 2.20 bits per heavy atom. The van der Waals surface area contributed by atoms with Gasteiger partial charge in [-0.25, -0.2) is 8.42 Å². The van der Waals surface area contributed by atoms with Crippen LogP contribution < -0.4 is 9.80 Å². The Bertz CT molecular complexity index is 920. The van der Waals surface area contributed by atoms with Gasteiger partial charge in [0.25, 0.3) is 0 Å². The number of rotatable bonds is 2. The van der Waals surface area contributed by atoms with Crippen LogP contribution in [-0.2, 0) is 14.6 Å². The van der Waals surface area contributed by atoms with Crippen LogP contribution in [0.15, 0.2) is 47.4 Å². The molecule has 2 aromatic rings. The highest BCUT2D eigenvalue weighted by molar-refractivity contribution is 7.90. The van der Waals surface area contributed by atoms with Crippen molar-refractivity contribution < 1.29 is 13.2 Å². The molecule has 132 valence electrons. The molecule has 3 rings (SSSR count). The van der Waals surface area contributed by atoms with E-state index in [4.69, 9.17) is 0 Å². The predicted octanol–water partition coefficient (Wildman–Crippen LogP) is 2.95. The summed E-state index contributed by atoms with van der Waals surface area (Å²) in [4.78, 5) is 16.3. The molecule has 1 aliphatic heterocycles. The van der Waals surface area contributed by atoms with Crippen LogP contribution in [0.3, 0.4) is 0 Å². The van der Waals surface area contributed by atoms with E-state index in [-0.39, 0.29) is 11.9 Å². The molecule has 0 aliphatic carbocycles. The fraction of sp³-hybridized carbons (Fsp3) is 0.316. The van der Waals surface area contributed by atoms with Gasteiger partial charge in [0.15, 0.2) is 9.84 Å². The van der Waals surface area contributed by atoms with Crippen LogP contribution in [0, 0.1) is 0 Å². The van der Waals surface area contributed by atoms with Crippen LogP contribution in [-0.4, -0.2) is 40.2 Å².